The highest BCUT2D eigenvalue weighted by molar-refractivity contribution is 5.98. The number of carbonyl (C=O) groups is 2. The molecule has 0 radical (unpaired) electrons. The Hall–Kier alpha value is -3.46. The molecule has 2 unspecified atom stereocenters. The molecule has 1 saturated heterocycles. The summed E-state index contributed by atoms with van der Waals surface area (Å²) < 4.78 is 38.0. The topological polar surface area (TPSA) is 79.3 Å². The van der Waals surface area contributed by atoms with Gasteiger partial charge in [-0.2, -0.15) is 0 Å². The van der Waals surface area contributed by atoms with Gasteiger partial charge in [-0.3, -0.25) is 14.5 Å². The Balaban J connectivity index is 1.32. The maximum atomic E-state index is 13.8. The number of benzene rings is 2. The minimum Gasteiger partial charge on any atom is -0.497 e. The van der Waals surface area contributed by atoms with E-state index in [9.17, 15) is 23.5 Å². The number of ether oxygens (including phenoxy) is 2. The number of carboxylic acids is 1. The second kappa shape index (κ2) is 11.5. The fourth-order valence-corrected chi connectivity index (χ4v) is 4.90. The highest BCUT2D eigenvalue weighted by atomic mass is 19.1. The Morgan fingerprint density at radius 1 is 1.25 bits per heavy atom. The number of nitrogens with zero attached hydrogens (tertiary/aromatic N) is 2. The SMILES string of the molecule is COc1ccc2c(c1)N(CCCC1CCN(C/C=C/c3cc(F)ccc3F)CC1C(=O)O)C(=O)CO2. The van der Waals surface area contributed by atoms with E-state index < -0.39 is 23.5 Å². The molecule has 1 amide bonds. The number of carbonyl (C=O) groups excluding carboxylic acids is 1. The van der Waals surface area contributed by atoms with Gasteiger partial charge in [0, 0.05) is 31.3 Å². The van der Waals surface area contributed by atoms with Crippen LogP contribution in [0.1, 0.15) is 24.8 Å². The minimum atomic E-state index is -0.845. The van der Waals surface area contributed by atoms with Crippen LogP contribution in [0.5, 0.6) is 11.5 Å². The molecular formula is C27H30F2N2O5. The van der Waals surface area contributed by atoms with Crippen molar-refractivity contribution in [3.63, 3.8) is 0 Å². The van der Waals surface area contributed by atoms with Crippen LogP contribution in [0.3, 0.4) is 0 Å². The summed E-state index contributed by atoms with van der Waals surface area (Å²) in [6, 6.07) is 8.61. The van der Waals surface area contributed by atoms with Gasteiger partial charge in [-0.25, -0.2) is 8.78 Å². The molecule has 7 nitrogen and oxygen atoms in total. The lowest BCUT2D eigenvalue weighted by Crippen LogP contribution is -2.44. The summed E-state index contributed by atoms with van der Waals surface area (Å²) in [6.45, 7) is 1.99. The summed E-state index contributed by atoms with van der Waals surface area (Å²) in [7, 11) is 1.56. The average Bonchev–Trinajstić information content (AvgIpc) is 2.87. The molecule has 1 N–H and O–H groups in total. The van der Waals surface area contributed by atoms with Crippen LogP contribution in [0.2, 0.25) is 0 Å². The molecule has 0 aliphatic carbocycles. The second-order valence-electron chi connectivity index (χ2n) is 9.13. The maximum Gasteiger partial charge on any atom is 0.308 e. The fraction of sp³-hybridized carbons (Fsp3) is 0.407. The molecule has 4 rings (SSSR count). The summed E-state index contributed by atoms with van der Waals surface area (Å²) in [5.74, 6) is -1.29. The Kier molecular flexibility index (Phi) is 8.20. The van der Waals surface area contributed by atoms with Gasteiger partial charge in [-0.05, 0) is 62.1 Å². The number of fused-ring (bicyclic) bond motifs is 1. The monoisotopic (exact) mass is 500 g/mol. The van der Waals surface area contributed by atoms with Gasteiger partial charge in [0.2, 0.25) is 0 Å². The molecule has 192 valence electrons. The van der Waals surface area contributed by atoms with E-state index in [-0.39, 0.29) is 24.0 Å². The van der Waals surface area contributed by atoms with Crippen molar-refractivity contribution in [2.45, 2.75) is 19.3 Å². The number of aliphatic carboxylic acids is 1. The Morgan fingerprint density at radius 3 is 2.86 bits per heavy atom. The van der Waals surface area contributed by atoms with E-state index in [1.54, 1.807) is 36.3 Å². The van der Waals surface area contributed by atoms with Gasteiger partial charge in [0.25, 0.3) is 5.91 Å². The van der Waals surface area contributed by atoms with Crippen LogP contribution in [-0.4, -0.2) is 61.8 Å². The zero-order chi connectivity index (χ0) is 25.7. The van der Waals surface area contributed by atoms with Crippen molar-refractivity contribution >= 4 is 23.6 Å². The van der Waals surface area contributed by atoms with E-state index in [1.165, 1.54) is 6.08 Å². The van der Waals surface area contributed by atoms with Crippen LogP contribution in [0, 0.1) is 23.5 Å². The van der Waals surface area contributed by atoms with Gasteiger partial charge in [-0.1, -0.05) is 12.2 Å². The van der Waals surface area contributed by atoms with Crippen LogP contribution in [0.25, 0.3) is 6.08 Å². The largest absolute Gasteiger partial charge is 0.497 e. The summed E-state index contributed by atoms with van der Waals surface area (Å²) in [5.41, 5.74) is 0.827. The molecule has 2 atom stereocenters. The van der Waals surface area contributed by atoms with E-state index in [0.29, 0.717) is 62.6 Å². The standard InChI is InChI=1S/C27H30F2N2O5/c1-35-21-7-9-25-24(15-21)31(26(32)17-36-25)12-3-4-18-10-13-30(16-22(18)27(33)34)11-2-5-19-14-20(28)6-8-23(19)29/h2,5-9,14-15,18,22H,3-4,10-13,16-17H2,1H3,(H,33,34)/b5-2+. The van der Waals surface area contributed by atoms with Crippen molar-refractivity contribution in [3.8, 4) is 11.5 Å². The molecule has 2 aromatic carbocycles. The number of rotatable bonds is 9. The van der Waals surface area contributed by atoms with Crippen LogP contribution < -0.4 is 14.4 Å². The van der Waals surface area contributed by atoms with Crippen LogP contribution in [0.4, 0.5) is 14.5 Å². The second-order valence-corrected chi connectivity index (χ2v) is 9.13. The van der Waals surface area contributed by atoms with Gasteiger partial charge < -0.3 is 19.5 Å². The van der Waals surface area contributed by atoms with Gasteiger partial charge in [-0.15, -0.1) is 0 Å². The average molecular weight is 501 g/mol. The molecule has 2 aliphatic heterocycles. The molecule has 2 aromatic rings. The van der Waals surface area contributed by atoms with E-state index in [4.69, 9.17) is 9.47 Å². The molecule has 0 spiro atoms. The summed E-state index contributed by atoms with van der Waals surface area (Å²) in [4.78, 5) is 28.2. The molecule has 0 saturated carbocycles. The molecule has 9 heteroatoms. The Labute approximate surface area is 208 Å². The quantitative estimate of drug-likeness (QED) is 0.556. The number of amides is 1. The number of hydrogen-bond acceptors (Lipinski definition) is 5. The summed E-state index contributed by atoms with van der Waals surface area (Å²) in [5, 5.41) is 9.84. The minimum absolute atomic E-state index is 0.00989. The zero-order valence-corrected chi connectivity index (χ0v) is 20.2. The lowest BCUT2D eigenvalue weighted by molar-refractivity contribution is -0.146. The molecule has 0 bridgehead atoms. The number of carboxylic acid groups (broad SMARTS) is 1. The Bertz CT molecular complexity index is 1140. The molecule has 1 fully saturated rings. The molecule has 0 aromatic heterocycles. The van der Waals surface area contributed by atoms with Crippen LogP contribution >= 0.6 is 0 Å². The highest BCUT2D eigenvalue weighted by Crippen LogP contribution is 2.36. The van der Waals surface area contributed by atoms with Crippen molar-refractivity contribution in [2.75, 3.05) is 44.8 Å². The lowest BCUT2D eigenvalue weighted by Gasteiger charge is -2.36. The number of piperidine rings is 1. The smallest absolute Gasteiger partial charge is 0.308 e. The van der Waals surface area contributed by atoms with Gasteiger partial charge in [0.1, 0.15) is 23.1 Å². The molecule has 2 aliphatic rings. The normalized spacial score (nSPS) is 20.3. The van der Waals surface area contributed by atoms with E-state index >= 15 is 0 Å². The summed E-state index contributed by atoms with van der Waals surface area (Å²) >= 11 is 0. The van der Waals surface area contributed by atoms with E-state index in [2.05, 4.69) is 0 Å². The van der Waals surface area contributed by atoms with Crippen molar-refractivity contribution in [3.05, 3.63) is 59.7 Å². The van der Waals surface area contributed by atoms with Crippen LogP contribution in [-0.2, 0) is 9.59 Å². The lowest BCUT2D eigenvalue weighted by atomic mass is 9.82. The van der Waals surface area contributed by atoms with Crippen molar-refractivity contribution < 1.29 is 33.0 Å². The van der Waals surface area contributed by atoms with Crippen molar-refractivity contribution in [2.24, 2.45) is 11.8 Å². The van der Waals surface area contributed by atoms with Crippen LogP contribution in [0.15, 0.2) is 42.5 Å². The van der Waals surface area contributed by atoms with E-state index in [0.717, 1.165) is 18.2 Å². The number of halogens is 2. The number of anilines is 1. The third kappa shape index (κ3) is 6.02. The molecule has 2 heterocycles. The maximum absolute atomic E-state index is 13.8. The number of likely N-dealkylation sites (tertiary alicyclic amines) is 1. The van der Waals surface area contributed by atoms with Gasteiger partial charge in [0.15, 0.2) is 6.61 Å². The highest BCUT2D eigenvalue weighted by Gasteiger charge is 2.34. The first-order valence-electron chi connectivity index (χ1n) is 12.0. The first-order chi connectivity index (χ1) is 17.4. The fourth-order valence-electron chi connectivity index (χ4n) is 4.90. The third-order valence-corrected chi connectivity index (χ3v) is 6.84. The van der Waals surface area contributed by atoms with Crippen molar-refractivity contribution in [1.82, 2.24) is 4.90 Å². The first kappa shape index (κ1) is 25.6. The van der Waals surface area contributed by atoms with Crippen molar-refractivity contribution in [1.29, 1.82) is 0 Å². The first-order valence-corrected chi connectivity index (χ1v) is 12.0. The predicted molar refractivity (Wildman–Crippen MR) is 131 cm³/mol. The molecular weight excluding hydrogens is 470 g/mol. The number of methoxy groups -OCH3 is 1. The Morgan fingerprint density at radius 2 is 2.08 bits per heavy atom. The predicted octanol–water partition coefficient (Wildman–Crippen LogP) is 4.22. The summed E-state index contributed by atoms with van der Waals surface area (Å²) in [6.07, 6.45) is 5.30. The van der Waals surface area contributed by atoms with E-state index in [1.807, 2.05) is 4.90 Å². The molecule has 36 heavy (non-hydrogen) atoms. The zero-order valence-electron chi connectivity index (χ0n) is 20.2. The van der Waals surface area contributed by atoms with Gasteiger partial charge >= 0.3 is 5.97 Å². The van der Waals surface area contributed by atoms with Gasteiger partial charge in [0.05, 0.1) is 18.7 Å². The number of hydrogen-bond donors (Lipinski definition) is 1. The third-order valence-electron chi connectivity index (χ3n) is 6.84.